The Morgan fingerprint density at radius 1 is 1.25 bits per heavy atom. The van der Waals surface area contributed by atoms with Crippen molar-refractivity contribution in [1.82, 2.24) is 14.9 Å². The fourth-order valence-corrected chi connectivity index (χ4v) is 2.63. The summed E-state index contributed by atoms with van der Waals surface area (Å²) in [6.45, 7) is 5.15. The molecule has 4 heteroatoms. The van der Waals surface area contributed by atoms with E-state index in [1.807, 2.05) is 6.20 Å². The molecular weight excluding hydrogens is 248 g/mol. The number of rotatable bonds is 4. The fourth-order valence-electron chi connectivity index (χ4n) is 2.63. The van der Waals surface area contributed by atoms with Gasteiger partial charge < -0.3 is 4.90 Å². The van der Waals surface area contributed by atoms with Crippen LogP contribution in [-0.2, 0) is 6.54 Å². The van der Waals surface area contributed by atoms with Crippen molar-refractivity contribution in [3.63, 3.8) is 0 Å². The van der Waals surface area contributed by atoms with Crippen LogP contribution in [0.1, 0.15) is 11.1 Å². The summed E-state index contributed by atoms with van der Waals surface area (Å²) in [5, 5.41) is 0. The minimum absolute atomic E-state index is 0.601. The first-order valence-corrected chi connectivity index (χ1v) is 7.00. The molecule has 1 aliphatic rings. The van der Waals surface area contributed by atoms with Crippen molar-refractivity contribution in [3.8, 4) is 0 Å². The van der Waals surface area contributed by atoms with E-state index in [1.54, 1.807) is 6.33 Å². The van der Waals surface area contributed by atoms with Crippen molar-refractivity contribution in [3.05, 3.63) is 54.0 Å². The Hall–Kier alpha value is -1.94. The van der Waals surface area contributed by atoms with Crippen LogP contribution in [0.5, 0.6) is 0 Å². The number of aromatic nitrogens is 2. The maximum Gasteiger partial charge on any atom is 0.134 e. The van der Waals surface area contributed by atoms with E-state index in [1.165, 1.54) is 5.56 Å². The van der Waals surface area contributed by atoms with E-state index in [0.717, 1.165) is 31.0 Å². The van der Waals surface area contributed by atoms with Gasteiger partial charge in [-0.05, 0) is 19.5 Å². The molecule has 0 saturated carbocycles. The van der Waals surface area contributed by atoms with Crippen LogP contribution >= 0.6 is 0 Å². The average molecular weight is 268 g/mol. The van der Waals surface area contributed by atoms with Crippen molar-refractivity contribution in [2.75, 3.05) is 25.0 Å². The van der Waals surface area contributed by atoms with Gasteiger partial charge in [0, 0.05) is 37.4 Å². The molecule has 0 unspecified atom stereocenters. The van der Waals surface area contributed by atoms with Crippen molar-refractivity contribution in [1.29, 1.82) is 0 Å². The lowest BCUT2D eigenvalue weighted by Gasteiger charge is -2.45. The highest BCUT2D eigenvalue weighted by Crippen LogP contribution is 2.24. The molecule has 20 heavy (non-hydrogen) atoms. The smallest absolute Gasteiger partial charge is 0.134 e. The van der Waals surface area contributed by atoms with E-state index >= 15 is 0 Å². The van der Waals surface area contributed by atoms with Gasteiger partial charge in [-0.1, -0.05) is 30.3 Å². The van der Waals surface area contributed by atoms with Crippen LogP contribution in [0.3, 0.4) is 0 Å². The van der Waals surface area contributed by atoms with Crippen LogP contribution < -0.4 is 4.90 Å². The van der Waals surface area contributed by atoms with Gasteiger partial charge in [0.1, 0.15) is 12.1 Å². The van der Waals surface area contributed by atoms with E-state index in [4.69, 9.17) is 0 Å². The molecule has 0 aliphatic carbocycles. The third-order valence-electron chi connectivity index (χ3n) is 3.93. The monoisotopic (exact) mass is 268 g/mol. The van der Waals surface area contributed by atoms with Gasteiger partial charge in [0.2, 0.25) is 0 Å². The van der Waals surface area contributed by atoms with Crippen LogP contribution in [0.2, 0.25) is 0 Å². The average Bonchev–Trinajstić information content (AvgIpc) is 2.40. The Labute approximate surface area is 120 Å². The normalized spacial score (nSPS) is 15.4. The zero-order chi connectivity index (χ0) is 13.9. The molecule has 0 bridgehead atoms. The van der Waals surface area contributed by atoms with Crippen LogP contribution in [0.4, 0.5) is 5.82 Å². The molecular formula is C16H20N4. The summed E-state index contributed by atoms with van der Waals surface area (Å²) >= 11 is 0. The van der Waals surface area contributed by atoms with Crippen molar-refractivity contribution >= 4 is 5.82 Å². The van der Waals surface area contributed by atoms with Gasteiger partial charge in [0.15, 0.2) is 0 Å². The van der Waals surface area contributed by atoms with Gasteiger partial charge in [-0.3, -0.25) is 4.90 Å². The van der Waals surface area contributed by atoms with Crippen molar-refractivity contribution < 1.29 is 0 Å². The number of benzene rings is 1. The summed E-state index contributed by atoms with van der Waals surface area (Å²) in [5.74, 6) is 1.07. The molecule has 0 spiro atoms. The second kappa shape index (κ2) is 5.59. The molecule has 1 aliphatic heterocycles. The van der Waals surface area contributed by atoms with Gasteiger partial charge in [-0.15, -0.1) is 0 Å². The zero-order valence-corrected chi connectivity index (χ0v) is 12.0. The lowest BCUT2D eigenvalue weighted by atomic mass is 10.1. The summed E-state index contributed by atoms with van der Waals surface area (Å²) in [6, 6.07) is 11.2. The largest absolute Gasteiger partial charge is 0.353 e. The molecule has 4 nitrogen and oxygen atoms in total. The number of hydrogen-bond donors (Lipinski definition) is 0. The molecule has 0 atom stereocenters. The highest BCUT2D eigenvalue weighted by atomic mass is 15.3. The first-order chi connectivity index (χ1) is 9.74. The predicted octanol–water partition coefficient (Wildman–Crippen LogP) is 2.11. The number of nitrogens with zero attached hydrogens (tertiary/aromatic N) is 4. The maximum absolute atomic E-state index is 4.37. The fraction of sp³-hybridized carbons (Fsp3) is 0.375. The van der Waals surface area contributed by atoms with Gasteiger partial charge in [0.05, 0.1) is 0 Å². The summed E-state index contributed by atoms with van der Waals surface area (Å²) in [6.07, 6.45) is 3.51. The maximum atomic E-state index is 4.37. The summed E-state index contributed by atoms with van der Waals surface area (Å²) in [4.78, 5) is 13.2. The molecule has 1 aromatic heterocycles. The molecule has 3 rings (SSSR count). The number of hydrogen-bond acceptors (Lipinski definition) is 4. The van der Waals surface area contributed by atoms with Crippen molar-refractivity contribution in [2.45, 2.75) is 19.5 Å². The van der Waals surface area contributed by atoms with E-state index in [0.29, 0.717) is 6.04 Å². The van der Waals surface area contributed by atoms with Gasteiger partial charge in [-0.2, -0.15) is 0 Å². The van der Waals surface area contributed by atoms with Crippen LogP contribution in [0.15, 0.2) is 42.9 Å². The molecule has 1 aromatic carbocycles. The Morgan fingerprint density at radius 2 is 2.00 bits per heavy atom. The summed E-state index contributed by atoms with van der Waals surface area (Å²) in [5.41, 5.74) is 2.52. The number of likely N-dealkylation sites (N-methyl/N-ethyl adjacent to an activating group) is 1. The molecule has 2 aromatic rings. The van der Waals surface area contributed by atoms with E-state index < -0.39 is 0 Å². The van der Waals surface area contributed by atoms with E-state index in [2.05, 4.69) is 64.1 Å². The lowest BCUT2D eigenvalue weighted by Crippen LogP contribution is -2.58. The van der Waals surface area contributed by atoms with E-state index in [9.17, 15) is 0 Å². The van der Waals surface area contributed by atoms with Crippen LogP contribution in [0.25, 0.3) is 0 Å². The molecule has 1 fully saturated rings. The Kier molecular flexibility index (Phi) is 3.65. The zero-order valence-electron chi connectivity index (χ0n) is 12.0. The highest BCUT2D eigenvalue weighted by molar-refractivity contribution is 5.47. The number of aryl methyl sites for hydroxylation is 1. The van der Waals surface area contributed by atoms with Gasteiger partial charge in [-0.25, -0.2) is 9.97 Å². The lowest BCUT2D eigenvalue weighted by molar-refractivity contribution is 0.196. The minimum atomic E-state index is 0.601. The molecule has 0 radical (unpaired) electrons. The standard InChI is InChI=1S/C16H20N4/c1-13-8-17-12-18-16(13)20-10-15(11-20)19(2)9-14-6-4-3-5-7-14/h3-8,12,15H,9-11H2,1-2H3. The predicted molar refractivity (Wildman–Crippen MR) is 80.7 cm³/mol. The summed E-state index contributed by atoms with van der Waals surface area (Å²) < 4.78 is 0. The molecule has 104 valence electrons. The molecule has 0 amide bonds. The Balaban J connectivity index is 1.56. The van der Waals surface area contributed by atoms with Gasteiger partial charge >= 0.3 is 0 Å². The quantitative estimate of drug-likeness (QED) is 0.850. The van der Waals surface area contributed by atoms with Crippen LogP contribution in [0, 0.1) is 6.92 Å². The molecule has 2 heterocycles. The van der Waals surface area contributed by atoms with Crippen LogP contribution in [-0.4, -0.2) is 41.0 Å². The number of anilines is 1. The SMILES string of the molecule is Cc1cncnc1N1CC(N(C)Cc2ccccc2)C1. The Morgan fingerprint density at radius 3 is 2.70 bits per heavy atom. The first-order valence-electron chi connectivity index (χ1n) is 7.00. The summed E-state index contributed by atoms with van der Waals surface area (Å²) in [7, 11) is 2.20. The second-order valence-electron chi connectivity index (χ2n) is 5.49. The third kappa shape index (κ3) is 2.65. The highest BCUT2D eigenvalue weighted by Gasteiger charge is 2.31. The van der Waals surface area contributed by atoms with E-state index in [-0.39, 0.29) is 0 Å². The third-order valence-corrected chi connectivity index (χ3v) is 3.93. The van der Waals surface area contributed by atoms with Gasteiger partial charge in [0.25, 0.3) is 0 Å². The van der Waals surface area contributed by atoms with Crippen molar-refractivity contribution in [2.24, 2.45) is 0 Å². The molecule has 1 saturated heterocycles. The first kappa shape index (κ1) is 13.1. The Bertz CT molecular complexity index is 564. The molecule has 0 N–H and O–H groups in total. The minimum Gasteiger partial charge on any atom is -0.353 e. The second-order valence-corrected chi connectivity index (χ2v) is 5.49. The topological polar surface area (TPSA) is 32.3 Å².